The number of benzene rings is 1. The Morgan fingerprint density at radius 2 is 1.95 bits per heavy atom. The molecular weight excluding hydrogens is 332 g/mol. The average Bonchev–Trinajstić information content (AvgIpc) is 3.04. The number of hydrogen-bond acceptors (Lipinski definition) is 3. The lowest BCUT2D eigenvalue weighted by Gasteiger charge is -2.06. The molecule has 0 saturated carbocycles. The van der Waals surface area contributed by atoms with Crippen molar-refractivity contribution >= 4 is 27.5 Å². The highest BCUT2D eigenvalue weighted by atomic mass is 79.9. The van der Waals surface area contributed by atoms with Crippen molar-refractivity contribution in [2.24, 2.45) is 0 Å². The Kier molecular flexibility index (Phi) is 3.79. The van der Waals surface area contributed by atoms with E-state index >= 15 is 0 Å². The summed E-state index contributed by atoms with van der Waals surface area (Å²) >= 11 is 3.35. The van der Waals surface area contributed by atoms with Crippen molar-refractivity contribution in [1.29, 1.82) is 0 Å². The topological polar surface area (TPSA) is 59.8 Å². The van der Waals surface area contributed by atoms with E-state index in [1.807, 2.05) is 24.3 Å². The molecule has 0 radical (unpaired) electrons. The van der Waals surface area contributed by atoms with E-state index in [1.54, 1.807) is 41.6 Å². The van der Waals surface area contributed by atoms with Gasteiger partial charge in [0, 0.05) is 28.8 Å². The van der Waals surface area contributed by atoms with E-state index in [-0.39, 0.29) is 5.91 Å². The molecule has 3 aromatic rings. The van der Waals surface area contributed by atoms with Gasteiger partial charge in [-0.3, -0.25) is 9.36 Å². The number of rotatable bonds is 3. The van der Waals surface area contributed by atoms with Gasteiger partial charge in [0.15, 0.2) is 0 Å². The molecule has 0 atom stereocenters. The summed E-state index contributed by atoms with van der Waals surface area (Å²) in [4.78, 5) is 20.3. The molecule has 0 unspecified atom stereocenters. The van der Waals surface area contributed by atoms with E-state index in [1.165, 1.54) is 0 Å². The van der Waals surface area contributed by atoms with Gasteiger partial charge in [-0.25, -0.2) is 9.97 Å². The highest BCUT2D eigenvalue weighted by molar-refractivity contribution is 9.10. The minimum Gasteiger partial charge on any atom is -0.322 e. The lowest BCUT2D eigenvalue weighted by atomic mass is 10.2. The molecule has 1 N–H and O–H groups in total. The molecule has 0 fully saturated rings. The number of anilines is 1. The summed E-state index contributed by atoms with van der Waals surface area (Å²) in [7, 11) is 0. The molecule has 2 aromatic heterocycles. The van der Waals surface area contributed by atoms with Crippen LogP contribution in [0.15, 0.2) is 65.8 Å². The molecular formula is C15H11BrN4O. The fourth-order valence-corrected chi connectivity index (χ4v) is 2.07. The van der Waals surface area contributed by atoms with E-state index in [0.29, 0.717) is 11.4 Å². The number of imidazole rings is 1. The van der Waals surface area contributed by atoms with Crippen LogP contribution in [0, 0.1) is 0 Å². The predicted molar refractivity (Wildman–Crippen MR) is 83.5 cm³/mol. The second-order valence-corrected chi connectivity index (χ2v) is 5.25. The smallest absolute Gasteiger partial charge is 0.257 e. The van der Waals surface area contributed by atoms with E-state index < -0.39 is 0 Å². The number of nitrogens with zero attached hydrogens (tertiary/aromatic N) is 3. The molecule has 0 aliphatic carbocycles. The quantitative estimate of drug-likeness (QED) is 0.794. The zero-order valence-electron chi connectivity index (χ0n) is 10.9. The maximum Gasteiger partial charge on any atom is 0.257 e. The molecule has 1 amide bonds. The second kappa shape index (κ2) is 5.88. The first-order chi connectivity index (χ1) is 10.2. The molecule has 1 aromatic carbocycles. The number of nitrogens with one attached hydrogen (secondary N) is 1. The van der Waals surface area contributed by atoms with Gasteiger partial charge in [0.1, 0.15) is 12.1 Å². The Bertz CT molecular complexity index is 736. The third-order valence-electron chi connectivity index (χ3n) is 2.88. The van der Waals surface area contributed by atoms with Crippen LogP contribution in [0.3, 0.4) is 0 Å². The maximum atomic E-state index is 12.1. The molecule has 0 saturated heterocycles. The lowest BCUT2D eigenvalue weighted by Crippen LogP contribution is -2.12. The summed E-state index contributed by atoms with van der Waals surface area (Å²) in [6, 6.07) is 10.9. The van der Waals surface area contributed by atoms with Crippen molar-refractivity contribution in [3.63, 3.8) is 0 Å². The molecule has 6 heteroatoms. The Balaban J connectivity index is 1.74. The Morgan fingerprint density at radius 3 is 2.57 bits per heavy atom. The van der Waals surface area contributed by atoms with Crippen molar-refractivity contribution in [1.82, 2.24) is 14.5 Å². The van der Waals surface area contributed by atoms with Crippen LogP contribution in [0.4, 0.5) is 5.69 Å². The summed E-state index contributed by atoms with van der Waals surface area (Å²) in [5, 5.41) is 2.82. The zero-order chi connectivity index (χ0) is 14.7. The van der Waals surface area contributed by atoms with Crippen LogP contribution >= 0.6 is 15.9 Å². The third-order valence-corrected chi connectivity index (χ3v) is 3.41. The number of hydrogen-bond donors (Lipinski definition) is 1. The first-order valence-electron chi connectivity index (χ1n) is 6.24. The van der Waals surface area contributed by atoms with Gasteiger partial charge in [-0.1, -0.05) is 15.9 Å². The number of carbonyl (C=O) groups excluding carboxylic acids is 1. The normalized spacial score (nSPS) is 10.3. The Morgan fingerprint density at radius 1 is 1.14 bits per heavy atom. The predicted octanol–water partition coefficient (Wildman–Crippen LogP) is 3.28. The first kappa shape index (κ1) is 13.5. The van der Waals surface area contributed by atoms with Crippen LogP contribution < -0.4 is 5.32 Å². The summed E-state index contributed by atoms with van der Waals surface area (Å²) in [6.07, 6.45) is 6.67. The second-order valence-electron chi connectivity index (χ2n) is 4.34. The maximum absolute atomic E-state index is 12.1. The monoisotopic (exact) mass is 342 g/mol. The summed E-state index contributed by atoms with van der Waals surface area (Å²) in [6.45, 7) is 0. The molecule has 3 rings (SSSR count). The van der Waals surface area contributed by atoms with Crippen molar-refractivity contribution in [3.8, 4) is 5.82 Å². The minimum atomic E-state index is -0.193. The number of carbonyl (C=O) groups is 1. The summed E-state index contributed by atoms with van der Waals surface area (Å²) in [5.41, 5.74) is 1.24. The molecule has 5 nitrogen and oxygen atoms in total. The molecule has 0 aliphatic rings. The van der Waals surface area contributed by atoms with Gasteiger partial charge < -0.3 is 5.32 Å². The zero-order valence-corrected chi connectivity index (χ0v) is 12.5. The van der Waals surface area contributed by atoms with Crippen LogP contribution in [0.5, 0.6) is 0 Å². The lowest BCUT2D eigenvalue weighted by molar-refractivity contribution is 0.102. The van der Waals surface area contributed by atoms with Gasteiger partial charge in [-0.2, -0.15) is 0 Å². The van der Waals surface area contributed by atoms with Crippen molar-refractivity contribution in [2.45, 2.75) is 0 Å². The molecule has 104 valence electrons. The standard InChI is InChI=1S/C15H11BrN4O/c16-12-2-4-13(5-3-12)19-15(21)11-1-6-14(18-9-11)20-8-7-17-10-20/h1-10H,(H,19,21). The van der Waals surface area contributed by atoms with Crippen molar-refractivity contribution in [2.75, 3.05) is 5.32 Å². The van der Waals surface area contributed by atoms with Gasteiger partial charge in [-0.15, -0.1) is 0 Å². The largest absolute Gasteiger partial charge is 0.322 e. The van der Waals surface area contributed by atoms with E-state index in [4.69, 9.17) is 0 Å². The van der Waals surface area contributed by atoms with E-state index in [2.05, 4.69) is 31.2 Å². The number of aromatic nitrogens is 3. The fourth-order valence-electron chi connectivity index (χ4n) is 1.80. The molecule has 0 aliphatic heterocycles. The number of pyridine rings is 1. The van der Waals surface area contributed by atoms with Crippen LogP contribution in [0.1, 0.15) is 10.4 Å². The van der Waals surface area contributed by atoms with Gasteiger partial charge >= 0.3 is 0 Å². The van der Waals surface area contributed by atoms with Crippen molar-refractivity contribution < 1.29 is 4.79 Å². The molecule has 21 heavy (non-hydrogen) atoms. The van der Waals surface area contributed by atoms with Gasteiger partial charge in [-0.05, 0) is 36.4 Å². The first-order valence-corrected chi connectivity index (χ1v) is 7.03. The van der Waals surface area contributed by atoms with Crippen LogP contribution in [-0.2, 0) is 0 Å². The summed E-state index contributed by atoms with van der Waals surface area (Å²) in [5.74, 6) is 0.523. The van der Waals surface area contributed by atoms with Gasteiger partial charge in [0.2, 0.25) is 0 Å². The SMILES string of the molecule is O=C(Nc1ccc(Br)cc1)c1ccc(-n2ccnc2)nc1. The minimum absolute atomic E-state index is 0.193. The number of halogens is 1. The Hall–Kier alpha value is -2.47. The number of amides is 1. The van der Waals surface area contributed by atoms with Gasteiger partial charge in [0.25, 0.3) is 5.91 Å². The highest BCUT2D eigenvalue weighted by Crippen LogP contribution is 2.15. The Labute approximate surface area is 129 Å². The van der Waals surface area contributed by atoms with Crippen molar-refractivity contribution in [3.05, 3.63) is 71.4 Å². The van der Waals surface area contributed by atoms with E-state index in [0.717, 1.165) is 10.2 Å². The third kappa shape index (κ3) is 3.17. The van der Waals surface area contributed by atoms with Gasteiger partial charge in [0.05, 0.1) is 5.56 Å². The fraction of sp³-hybridized carbons (Fsp3) is 0. The van der Waals surface area contributed by atoms with Crippen LogP contribution in [0.25, 0.3) is 5.82 Å². The molecule has 0 bridgehead atoms. The molecule has 0 spiro atoms. The van der Waals surface area contributed by atoms with Crippen LogP contribution in [-0.4, -0.2) is 20.4 Å². The molecule has 2 heterocycles. The van der Waals surface area contributed by atoms with E-state index in [9.17, 15) is 4.79 Å². The average molecular weight is 343 g/mol. The summed E-state index contributed by atoms with van der Waals surface area (Å²) < 4.78 is 2.74. The highest BCUT2D eigenvalue weighted by Gasteiger charge is 2.07. The van der Waals surface area contributed by atoms with Crippen LogP contribution in [0.2, 0.25) is 0 Å².